The lowest BCUT2D eigenvalue weighted by atomic mass is 10.1. The van der Waals surface area contributed by atoms with Crippen LogP contribution in [0.15, 0.2) is 35.7 Å². The van der Waals surface area contributed by atoms with E-state index in [0.717, 1.165) is 36.5 Å². The summed E-state index contributed by atoms with van der Waals surface area (Å²) < 4.78 is 13.6. The molecule has 1 aromatic carbocycles. The number of carbonyl (C=O) groups is 1. The number of thiophene rings is 1. The molecule has 0 bridgehead atoms. The number of benzene rings is 1. The van der Waals surface area contributed by atoms with Gasteiger partial charge in [-0.25, -0.2) is 4.39 Å². The topological polar surface area (TPSA) is 32.3 Å². The number of carbonyl (C=O) groups excluding carboxylic acids is 1. The molecule has 0 spiro atoms. The number of hydrogen-bond donors (Lipinski definition) is 1. The van der Waals surface area contributed by atoms with Crippen molar-refractivity contribution in [3.8, 4) is 0 Å². The minimum Gasteiger partial charge on any atom is -0.370 e. The number of piperidine rings is 1. The zero-order valence-electron chi connectivity index (χ0n) is 12.3. The van der Waals surface area contributed by atoms with Crippen molar-refractivity contribution >= 4 is 28.6 Å². The number of anilines is 2. The van der Waals surface area contributed by atoms with Gasteiger partial charge in [-0.15, -0.1) is 11.3 Å². The summed E-state index contributed by atoms with van der Waals surface area (Å²) in [6.45, 7) is 1.92. The van der Waals surface area contributed by atoms with Gasteiger partial charge in [0, 0.05) is 18.0 Å². The first-order chi connectivity index (χ1) is 10.7. The van der Waals surface area contributed by atoms with Gasteiger partial charge in [-0.2, -0.15) is 0 Å². The van der Waals surface area contributed by atoms with Crippen LogP contribution in [0.2, 0.25) is 0 Å². The SMILES string of the molecule is O=C(Cc1cccs1)Nc1cc(F)ccc1N1CCCCC1. The molecule has 1 aliphatic rings. The molecule has 2 aromatic rings. The van der Waals surface area contributed by atoms with Gasteiger partial charge in [-0.1, -0.05) is 6.07 Å². The third-order valence-electron chi connectivity index (χ3n) is 3.84. The van der Waals surface area contributed by atoms with Gasteiger partial charge in [0.2, 0.25) is 5.91 Å². The molecule has 1 saturated heterocycles. The van der Waals surface area contributed by atoms with Crippen LogP contribution < -0.4 is 10.2 Å². The van der Waals surface area contributed by atoms with Crippen molar-refractivity contribution in [2.45, 2.75) is 25.7 Å². The number of nitrogens with one attached hydrogen (secondary N) is 1. The van der Waals surface area contributed by atoms with E-state index in [9.17, 15) is 9.18 Å². The Labute approximate surface area is 133 Å². The van der Waals surface area contributed by atoms with Crippen molar-refractivity contribution in [2.75, 3.05) is 23.3 Å². The van der Waals surface area contributed by atoms with Crippen molar-refractivity contribution in [3.05, 3.63) is 46.4 Å². The highest BCUT2D eigenvalue weighted by Crippen LogP contribution is 2.29. The zero-order chi connectivity index (χ0) is 15.4. The van der Waals surface area contributed by atoms with Gasteiger partial charge in [0.25, 0.3) is 0 Å². The smallest absolute Gasteiger partial charge is 0.229 e. The number of rotatable bonds is 4. The van der Waals surface area contributed by atoms with Crippen LogP contribution in [-0.4, -0.2) is 19.0 Å². The number of nitrogens with zero attached hydrogens (tertiary/aromatic N) is 1. The van der Waals surface area contributed by atoms with E-state index < -0.39 is 0 Å². The van der Waals surface area contributed by atoms with E-state index in [1.807, 2.05) is 17.5 Å². The fourth-order valence-electron chi connectivity index (χ4n) is 2.78. The Hall–Kier alpha value is -1.88. The first-order valence-electron chi connectivity index (χ1n) is 7.59. The van der Waals surface area contributed by atoms with Crippen LogP contribution in [0.4, 0.5) is 15.8 Å². The molecule has 116 valence electrons. The van der Waals surface area contributed by atoms with Gasteiger partial charge in [-0.3, -0.25) is 4.79 Å². The van der Waals surface area contributed by atoms with Crippen LogP contribution in [0, 0.1) is 5.82 Å². The monoisotopic (exact) mass is 318 g/mol. The quantitative estimate of drug-likeness (QED) is 0.922. The molecule has 0 radical (unpaired) electrons. The number of halogens is 1. The molecule has 0 saturated carbocycles. The van der Waals surface area contributed by atoms with Gasteiger partial charge in [-0.05, 0) is 48.9 Å². The summed E-state index contributed by atoms with van der Waals surface area (Å²) in [5, 5.41) is 4.82. The minimum absolute atomic E-state index is 0.105. The Kier molecular flexibility index (Phi) is 4.73. The molecule has 0 unspecified atom stereocenters. The Morgan fingerprint density at radius 3 is 2.77 bits per heavy atom. The molecule has 1 aromatic heterocycles. The van der Waals surface area contributed by atoms with Crippen LogP contribution in [0.5, 0.6) is 0 Å². The average Bonchev–Trinajstić information content (AvgIpc) is 3.01. The summed E-state index contributed by atoms with van der Waals surface area (Å²) in [5.74, 6) is -0.432. The molecule has 1 N–H and O–H groups in total. The third-order valence-corrected chi connectivity index (χ3v) is 4.72. The van der Waals surface area contributed by atoms with Crippen LogP contribution in [-0.2, 0) is 11.2 Å². The van der Waals surface area contributed by atoms with E-state index in [1.54, 1.807) is 17.4 Å². The normalized spacial score (nSPS) is 14.9. The summed E-state index contributed by atoms with van der Waals surface area (Å²) in [5.41, 5.74) is 1.49. The Bertz CT molecular complexity index is 636. The minimum atomic E-state index is -0.327. The van der Waals surface area contributed by atoms with Crippen molar-refractivity contribution in [2.24, 2.45) is 0 Å². The Balaban J connectivity index is 1.76. The van der Waals surface area contributed by atoms with Crippen LogP contribution >= 0.6 is 11.3 Å². The maximum absolute atomic E-state index is 13.6. The lowest BCUT2D eigenvalue weighted by molar-refractivity contribution is -0.115. The third kappa shape index (κ3) is 3.65. The predicted octanol–water partition coefficient (Wildman–Crippen LogP) is 4.06. The van der Waals surface area contributed by atoms with Gasteiger partial charge >= 0.3 is 0 Å². The standard InChI is InChI=1S/C17H19FN2OS/c18-13-6-7-16(20-8-2-1-3-9-20)15(11-13)19-17(21)12-14-5-4-10-22-14/h4-7,10-11H,1-3,8-9,12H2,(H,19,21). The molecule has 0 atom stereocenters. The predicted molar refractivity (Wildman–Crippen MR) is 89.1 cm³/mol. The molecule has 1 amide bonds. The molecular weight excluding hydrogens is 299 g/mol. The summed E-state index contributed by atoms with van der Waals surface area (Å²) in [4.78, 5) is 15.4. The summed E-state index contributed by atoms with van der Waals surface area (Å²) in [6.07, 6.45) is 3.84. The van der Waals surface area contributed by atoms with Gasteiger partial charge in [0.05, 0.1) is 17.8 Å². The highest BCUT2D eigenvalue weighted by Gasteiger charge is 2.16. The molecule has 5 heteroatoms. The number of amides is 1. The second-order valence-electron chi connectivity index (χ2n) is 5.51. The molecule has 1 aliphatic heterocycles. The van der Waals surface area contributed by atoms with E-state index in [0.29, 0.717) is 12.1 Å². The second-order valence-corrected chi connectivity index (χ2v) is 6.55. The molecule has 0 aliphatic carbocycles. The lowest BCUT2D eigenvalue weighted by Crippen LogP contribution is -2.30. The highest BCUT2D eigenvalue weighted by atomic mass is 32.1. The van der Waals surface area contributed by atoms with E-state index in [-0.39, 0.29) is 11.7 Å². The van der Waals surface area contributed by atoms with Gasteiger partial charge in [0.1, 0.15) is 5.82 Å². The second kappa shape index (κ2) is 6.92. The van der Waals surface area contributed by atoms with Crippen LogP contribution in [0.3, 0.4) is 0 Å². The largest absolute Gasteiger partial charge is 0.370 e. The van der Waals surface area contributed by atoms with E-state index >= 15 is 0 Å². The first-order valence-corrected chi connectivity index (χ1v) is 8.47. The molecule has 3 rings (SSSR count). The van der Waals surface area contributed by atoms with E-state index in [2.05, 4.69) is 10.2 Å². The van der Waals surface area contributed by atoms with Crippen molar-refractivity contribution < 1.29 is 9.18 Å². The fraction of sp³-hybridized carbons (Fsp3) is 0.353. The van der Waals surface area contributed by atoms with Crippen LogP contribution in [0.1, 0.15) is 24.1 Å². The Morgan fingerprint density at radius 1 is 1.23 bits per heavy atom. The average molecular weight is 318 g/mol. The molecule has 3 nitrogen and oxygen atoms in total. The summed E-state index contributed by atoms with van der Waals surface area (Å²) in [7, 11) is 0. The van der Waals surface area contributed by atoms with Crippen molar-refractivity contribution in [3.63, 3.8) is 0 Å². The lowest BCUT2D eigenvalue weighted by Gasteiger charge is -2.30. The maximum Gasteiger partial charge on any atom is 0.229 e. The van der Waals surface area contributed by atoms with E-state index in [1.165, 1.54) is 18.6 Å². The van der Waals surface area contributed by atoms with Gasteiger partial charge < -0.3 is 10.2 Å². The first kappa shape index (κ1) is 15.0. The highest BCUT2D eigenvalue weighted by molar-refractivity contribution is 7.10. The van der Waals surface area contributed by atoms with Crippen molar-refractivity contribution in [1.29, 1.82) is 0 Å². The summed E-state index contributed by atoms with van der Waals surface area (Å²) in [6, 6.07) is 8.49. The summed E-state index contributed by atoms with van der Waals surface area (Å²) >= 11 is 1.55. The zero-order valence-corrected chi connectivity index (χ0v) is 13.2. The molecule has 2 heterocycles. The molecule has 22 heavy (non-hydrogen) atoms. The molecule has 1 fully saturated rings. The van der Waals surface area contributed by atoms with Gasteiger partial charge in [0.15, 0.2) is 0 Å². The molecular formula is C17H19FN2OS. The fourth-order valence-corrected chi connectivity index (χ4v) is 3.49. The van der Waals surface area contributed by atoms with Crippen molar-refractivity contribution in [1.82, 2.24) is 0 Å². The Morgan fingerprint density at radius 2 is 2.05 bits per heavy atom. The number of hydrogen-bond acceptors (Lipinski definition) is 3. The van der Waals surface area contributed by atoms with Crippen LogP contribution in [0.25, 0.3) is 0 Å². The van der Waals surface area contributed by atoms with E-state index in [4.69, 9.17) is 0 Å². The maximum atomic E-state index is 13.6.